The zero-order chi connectivity index (χ0) is 23.8. The summed E-state index contributed by atoms with van der Waals surface area (Å²) >= 11 is 0. The van der Waals surface area contributed by atoms with Gasteiger partial charge in [0.05, 0.1) is 11.0 Å². The van der Waals surface area contributed by atoms with Crippen LogP contribution in [0.25, 0.3) is 27.5 Å². The topological polar surface area (TPSA) is 77.1 Å². The maximum absolute atomic E-state index is 12.0. The maximum Gasteiger partial charge on any atom is 0.314 e. The summed E-state index contributed by atoms with van der Waals surface area (Å²) in [5.74, 6) is 0. The summed E-state index contributed by atoms with van der Waals surface area (Å²) in [6, 6.07) is 24.9. The maximum atomic E-state index is 12.0. The Morgan fingerprint density at radius 1 is 0.714 bits per heavy atom. The number of piperazine rings is 1. The first-order valence-electron chi connectivity index (χ1n) is 12.0. The van der Waals surface area contributed by atoms with E-state index in [1.165, 1.54) is 11.3 Å². The van der Waals surface area contributed by atoms with Crippen molar-refractivity contribution in [3.05, 3.63) is 111 Å². The Morgan fingerprint density at radius 3 is 2.23 bits per heavy atom. The van der Waals surface area contributed by atoms with Gasteiger partial charge >= 0.3 is 11.1 Å². The van der Waals surface area contributed by atoms with Crippen molar-refractivity contribution >= 4 is 21.8 Å². The molecule has 6 rings (SSSR count). The minimum atomic E-state index is -0.636. The first-order chi connectivity index (χ1) is 17.1. The molecule has 0 amide bonds. The lowest BCUT2D eigenvalue weighted by Gasteiger charge is -2.34. The van der Waals surface area contributed by atoms with E-state index in [9.17, 15) is 9.59 Å². The molecule has 0 spiro atoms. The summed E-state index contributed by atoms with van der Waals surface area (Å²) in [5.41, 5.74) is 3.62. The van der Waals surface area contributed by atoms with Gasteiger partial charge in [-0.1, -0.05) is 42.5 Å². The second-order valence-corrected chi connectivity index (χ2v) is 9.21. The van der Waals surface area contributed by atoms with E-state index in [1.807, 2.05) is 12.1 Å². The highest BCUT2D eigenvalue weighted by atomic mass is 16.2. The van der Waals surface area contributed by atoms with Crippen LogP contribution >= 0.6 is 0 Å². The van der Waals surface area contributed by atoms with Gasteiger partial charge in [0.25, 0.3) is 0 Å². The van der Waals surface area contributed by atoms with Gasteiger partial charge < -0.3 is 14.5 Å². The molecule has 0 unspecified atom stereocenters. The van der Waals surface area contributed by atoms with E-state index >= 15 is 0 Å². The van der Waals surface area contributed by atoms with E-state index in [2.05, 4.69) is 91.2 Å². The fourth-order valence-corrected chi connectivity index (χ4v) is 5.02. The van der Waals surface area contributed by atoms with E-state index < -0.39 is 11.1 Å². The molecule has 0 saturated carbocycles. The molecule has 1 fully saturated rings. The van der Waals surface area contributed by atoms with Crippen LogP contribution in [0.4, 0.5) is 0 Å². The Bertz CT molecular complexity index is 1610. The average Bonchev–Trinajstić information content (AvgIpc) is 3.34. The van der Waals surface area contributed by atoms with Gasteiger partial charge in [0, 0.05) is 62.2 Å². The minimum absolute atomic E-state index is 0.625. The third kappa shape index (κ3) is 4.32. The number of nitrogens with zero attached hydrogens (tertiary/aromatic N) is 3. The number of aromatic amines is 2. The van der Waals surface area contributed by atoms with E-state index in [0.29, 0.717) is 11.0 Å². The van der Waals surface area contributed by atoms with Gasteiger partial charge in [0.2, 0.25) is 0 Å². The van der Waals surface area contributed by atoms with Gasteiger partial charge in [-0.2, -0.15) is 0 Å². The molecule has 0 aliphatic carbocycles. The normalized spacial score (nSPS) is 15.2. The van der Waals surface area contributed by atoms with Crippen LogP contribution < -0.4 is 11.1 Å². The molecule has 176 valence electrons. The highest BCUT2D eigenvalue weighted by Crippen LogP contribution is 2.25. The molecule has 0 atom stereocenters. The van der Waals surface area contributed by atoms with Gasteiger partial charge in [0.1, 0.15) is 0 Å². The Morgan fingerprint density at radius 2 is 1.43 bits per heavy atom. The van der Waals surface area contributed by atoms with Gasteiger partial charge in [-0.05, 0) is 41.3 Å². The van der Waals surface area contributed by atoms with E-state index in [1.54, 1.807) is 0 Å². The van der Waals surface area contributed by atoms with Crippen LogP contribution in [0.3, 0.4) is 0 Å². The van der Waals surface area contributed by atoms with Crippen molar-refractivity contribution < 1.29 is 0 Å². The van der Waals surface area contributed by atoms with Crippen LogP contribution in [-0.4, -0.2) is 50.5 Å². The number of benzene rings is 3. The van der Waals surface area contributed by atoms with Crippen molar-refractivity contribution in [2.75, 3.05) is 26.2 Å². The summed E-state index contributed by atoms with van der Waals surface area (Å²) in [7, 11) is 0. The van der Waals surface area contributed by atoms with Crippen LogP contribution in [0.5, 0.6) is 0 Å². The zero-order valence-corrected chi connectivity index (χ0v) is 19.4. The second kappa shape index (κ2) is 9.02. The Kier molecular flexibility index (Phi) is 5.56. The molecule has 3 heterocycles. The molecular weight excluding hydrogens is 438 g/mol. The highest BCUT2D eigenvalue weighted by molar-refractivity contribution is 6.04. The number of H-pyrrole nitrogens is 2. The summed E-state index contributed by atoms with van der Waals surface area (Å²) in [4.78, 5) is 34.2. The van der Waals surface area contributed by atoms with Gasteiger partial charge in [-0.15, -0.1) is 0 Å². The number of fused-ring (bicyclic) bond motifs is 3. The molecule has 7 nitrogen and oxygen atoms in total. The molecule has 7 heteroatoms. The minimum Gasteiger partial charge on any atom is -0.320 e. The first kappa shape index (κ1) is 21.6. The van der Waals surface area contributed by atoms with Crippen molar-refractivity contribution in [1.82, 2.24) is 24.3 Å². The predicted molar refractivity (Wildman–Crippen MR) is 139 cm³/mol. The number of hydrogen-bond acceptors (Lipinski definition) is 4. The predicted octanol–water partition coefficient (Wildman–Crippen LogP) is 3.48. The smallest absolute Gasteiger partial charge is 0.314 e. The van der Waals surface area contributed by atoms with Crippen LogP contribution in [0.15, 0.2) is 88.6 Å². The zero-order valence-electron chi connectivity index (χ0n) is 19.4. The van der Waals surface area contributed by atoms with Crippen molar-refractivity contribution in [2.45, 2.75) is 13.1 Å². The highest BCUT2D eigenvalue weighted by Gasteiger charge is 2.18. The molecule has 1 aliphatic rings. The number of aromatic nitrogens is 3. The lowest BCUT2D eigenvalue weighted by Crippen LogP contribution is -2.45. The van der Waals surface area contributed by atoms with Crippen molar-refractivity contribution in [3.8, 4) is 5.69 Å². The Balaban J connectivity index is 1.23. The fraction of sp³-hybridized carbons (Fsp3) is 0.214. The number of nitrogens with one attached hydrogen (secondary N) is 2. The van der Waals surface area contributed by atoms with Crippen LogP contribution in [0, 0.1) is 0 Å². The van der Waals surface area contributed by atoms with E-state index in [-0.39, 0.29) is 0 Å². The lowest BCUT2D eigenvalue weighted by molar-refractivity contribution is 0.120. The third-order valence-electron chi connectivity index (χ3n) is 6.91. The summed E-state index contributed by atoms with van der Waals surface area (Å²) in [5, 5.41) is 1.91. The quantitative estimate of drug-likeness (QED) is 0.308. The van der Waals surface area contributed by atoms with Crippen molar-refractivity contribution in [3.63, 3.8) is 0 Å². The molecule has 1 aliphatic heterocycles. The van der Waals surface area contributed by atoms with Gasteiger partial charge in [0.15, 0.2) is 0 Å². The molecule has 2 N–H and O–H groups in total. The SMILES string of the molecule is O=c1[nH]c2ccc3ccc(-n4cccc4CN4CCN(Cc5ccccc5)CC4)cc3c2[nH]c1=O. The van der Waals surface area contributed by atoms with Gasteiger partial charge in [-0.3, -0.25) is 19.4 Å². The van der Waals surface area contributed by atoms with Gasteiger partial charge in [-0.25, -0.2) is 0 Å². The Hall–Kier alpha value is -3.94. The van der Waals surface area contributed by atoms with Crippen molar-refractivity contribution in [1.29, 1.82) is 0 Å². The molecule has 2 aromatic heterocycles. The molecule has 5 aromatic rings. The van der Waals surface area contributed by atoms with E-state index in [0.717, 1.165) is 55.7 Å². The average molecular weight is 466 g/mol. The van der Waals surface area contributed by atoms with Crippen LogP contribution in [0.1, 0.15) is 11.3 Å². The largest absolute Gasteiger partial charge is 0.320 e. The first-order valence-corrected chi connectivity index (χ1v) is 12.0. The molecule has 0 radical (unpaired) electrons. The summed E-state index contributed by atoms with van der Waals surface area (Å²) in [6.45, 7) is 6.07. The molecule has 1 saturated heterocycles. The molecule has 0 bridgehead atoms. The van der Waals surface area contributed by atoms with Crippen molar-refractivity contribution in [2.24, 2.45) is 0 Å². The molecule has 3 aromatic carbocycles. The molecule has 35 heavy (non-hydrogen) atoms. The van der Waals surface area contributed by atoms with E-state index in [4.69, 9.17) is 0 Å². The number of hydrogen-bond donors (Lipinski definition) is 2. The van der Waals surface area contributed by atoms with Crippen LogP contribution in [-0.2, 0) is 13.1 Å². The number of rotatable bonds is 5. The summed E-state index contributed by atoms with van der Waals surface area (Å²) in [6.07, 6.45) is 2.08. The fourth-order valence-electron chi connectivity index (χ4n) is 5.02. The second-order valence-electron chi connectivity index (χ2n) is 9.21. The van der Waals surface area contributed by atoms with Crippen LogP contribution in [0.2, 0.25) is 0 Å². The Labute approximate surface area is 202 Å². The third-order valence-corrected chi connectivity index (χ3v) is 6.91. The monoisotopic (exact) mass is 465 g/mol. The lowest BCUT2D eigenvalue weighted by atomic mass is 10.1. The standard InChI is InChI=1S/C28H27N5O2/c34-27-28(35)30-26-24-17-22(10-8-21(24)9-11-25(26)29-27)33-12-4-7-23(33)19-32-15-13-31(14-16-32)18-20-5-2-1-3-6-20/h1-12,17H,13-16,18-19H2,(H,29,34)(H,30,35). The molecular formula is C28H27N5O2. The summed E-state index contributed by atoms with van der Waals surface area (Å²) < 4.78 is 2.21.